The van der Waals surface area contributed by atoms with Gasteiger partial charge in [0.1, 0.15) is 0 Å². The van der Waals surface area contributed by atoms with Crippen molar-refractivity contribution in [2.45, 2.75) is 39.2 Å². The van der Waals surface area contributed by atoms with E-state index in [2.05, 4.69) is 17.3 Å². The Morgan fingerprint density at radius 3 is 2.65 bits per heavy atom. The zero-order valence-electron chi connectivity index (χ0n) is 13.7. The lowest BCUT2D eigenvalue weighted by atomic mass is 10.1. The molecule has 0 saturated heterocycles. The maximum absolute atomic E-state index is 12.3. The molecule has 2 aromatic rings. The molecule has 0 aliphatic carbocycles. The average Bonchev–Trinajstić information content (AvgIpc) is 2.94. The number of nitrogens with two attached hydrogens (primary N) is 1. The number of unbranched alkanes of at least 4 members (excludes halogenated alkanes) is 1. The molecule has 0 spiro atoms. The number of halogens is 1. The van der Waals surface area contributed by atoms with Crippen LogP contribution in [0, 0.1) is 6.92 Å². The van der Waals surface area contributed by atoms with Crippen LogP contribution < -0.4 is 11.1 Å². The minimum Gasteiger partial charge on any atom is -0.347 e. The van der Waals surface area contributed by atoms with Crippen LogP contribution >= 0.6 is 12.4 Å². The van der Waals surface area contributed by atoms with Gasteiger partial charge in [-0.3, -0.25) is 4.79 Å². The Morgan fingerprint density at radius 1 is 1.35 bits per heavy atom. The summed E-state index contributed by atoms with van der Waals surface area (Å²) in [7, 11) is 0. The van der Waals surface area contributed by atoms with Gasteiger partial charge in [-0.05, 0) is 31.5 Å². The molecule has 1 aromatic carbocycles. The van der Waals surface area contributed by atoms with Gasteiger partial charge in [-0.15, -0.1) is 12.4 Å². The van der Waals surface area contributed by atoms with Gasteiger partial charge in [0, 0.05) is 18.3 Å². The van der Waals surface area contributed by atoms with Crippen molar-refractivity contribution < 1.29 is 4.79 Å². The smallest absolute Gasteiger partial charge is 0.272 e. The second-order valence-corrected chi connectivity index (χ2v) is 5.47. The molecule has 1 heterocycles. The second-order valence-electron chi connectivity index (χ2n) is 5.47. The van der Waals surface area contributed by atoms with Crippen LogP contribution in [0.3, 0.4) is 0 Å². The standard InChI is InChI=1S/C17H24N4O.ClH/c1-3-4-8-14(12-18)19-17(22)16-11-13(2)21(20-16)15-9-6-5-7-10-15;/h5-7,9-11,14H,3-4,8,12,18H2,1-2H3,(H,19,22);1H. The fraction of sp³-hybridized carbons (Fsp3) is 0.412. The summed E-state index contributed by atoms with van der Waals surface area (Å²) in [5.74, 6) is -0.163. The van der Waals surface area contributed by atoms with Crippen molar-refractivity contribution in [1.29, 1.82) is 0 Å². The van der Waals surface area contributed by atoms with Crippen molar-refractivity contribution in [3.8, 4) is 5.69 Å². The second kappa shape index (κ2) is 9.33. The number of carbonyl (C=O) groups excluding carboxylic acids is 1. The molecule has 1 atom stereocenters. The van der Waals surface area contributed by atoms with Gasteiger partial charge in [0.15, 0.2) is 5.69 Å². The van der Waals surface area contributed by atoms with Crippen LogP contribution in [0.4, 0.5) is 0 Å². The van der Waals surface area contributed by atoms with Crippen molar-refractivity contribution in [1.82, 2.24) is 15.1 Å². The highest BCUT2D eigenvalue weighted by Crippen LogP contribution is 2.12. The van der Waals surface area contributed by atoms with Crippen LogP contribution in [0.2, 0.25) is 0 Å². The summed E-state index contributed by atoms with van der Waals surface area (Å²) >= 11 is 0. The van der Waals surface area contributed by atoms with Crippen LogP contribution in [0.1, 0.15) is 42.4 Å². The minimum absolute atomic E-state index is 0. The first-order valence-corrected chi connectivity index (χ1v) is 7.78. The lowest BCUT2D eigenvalue weighted by molar-refractivity contribution is 0.0930. The molecule has 1 unspecified atom stereocenters. The van der Waals surface area contributed by atoms with E-state index in [1.165, 1.54) is 0 Å². The number of nitrogens with one attached hydrogen (secondary N) is 1. The Kier molecular flexibility index (Phi) is 7.78. The van der Waals surface area contributed by atoms with Gasteiger partial charge < -0.3 is 11.1 Å². The first-order chi connectivity index (χ1) is 10.7. The summed E-state index contributed by atoms with van der Waals surface area (Å²) in [5, 5.41) is 7.38. The molecule has 0 saturated carbocycles. The third-order valence-corrected chi connectivity index (χ3v) is 3.65. The fourth-order valence-corrected chi connectivity index (χ4v) is 2.37. The van der Waals surface area contributed by atoms with E-state index in [0.717, 1.165) is 30.6 Å². The molecule has 126 valence electrons. The molecule has 0 fully saturated rings. The monoisotopic (exact) mass is 336 g/mol. The van der Waals surface area contributed by atoms with Crippen molar-refractivity contribution in [3.63, 3.8) is 0 Å². The Labute approximate surface area is 143 Å². The number of benzene rings is 1. The highest BCUT2D eigenvalue weighted by Gasteiger charge is 2.16. The minimum atomic E-state index is -0.163. The van der Waals surface area contributed by atoms with Gasteiger partial charge in [-0.1, -0.05) is 38.0 Å². The number of aromatic nitrogens is 2. The molecular weight excluding hydrogens is 312 g/mol. The van der Waals surface area contributed by atoms with Crippen molar-refractivity contribution >= 4 is 18.3 Å². The number of para-hydroxylation sites is 1. The number of hydrogen-bond acceptors (Lipinski definition) is 3. The van der Waals surface area contributed by atoms with Gasteiger partial charge in [0.25, 0.3) is 5.91 Å². The zero-order valence-corrected chi connectivity index (χ0v) is 14.5. The van der Waals surface area contributed by atoms with E-state index in [-0.39, 0.29) is 24.4 Å². The number of hydrogen-bond donors (Lipinski definition) is 2. The maximum atomic E-state index is 12.3. The third-order valence-electron chi connectivity index (χ3n) is 3.65. The van der Waals surface area contributed by atoms with Gasteiger partial charge >= 0.3 is 0 Å². The first-order valence-electron chi connectivity index (χ1n) is 7.78. The zero-order chi connectivity index (χ0) is 15.9. The van der Waals surface area contributed by atoms with E-state index < -0.39 is 0 Å². The molecule has 0 aliphatic rings. The summed E-state index contributed by atoms with van der Waals surface area (Å²) < 4.78 is 1.78. The molecule has 5 nitrogen and oxygen atoms in total. The highest BCUT2D eigenvalue weighted by molar-refractivity contribution is 5.92. The third kappa shape index (κ3) is 5.08. The molecule has 23 heavy (non-hydrogen) atoms. The Morgan fingerprint density at radius 2 is 2.04 bits per heavy atom. The summed E-state index contributed by atoms with van der Waals surface area (Å²) in [5.41, 5.74) is 8.02. The van der Waals surface area contributed by atoms with Gasteiger partial charge in [-0.2, -0.15) is 5.10 Å². The molecule has 1 amide bonds. The highest BCUT2D eigenvalue weighted by atomic mass is 35.5. The summed E-state index contributed by atoms with van der Waals surface area (Å²) in [6, 6.07) is 11.6. The molecule has 0 radical (unpaired) electrons. The van der Waals surface area contributed by atoms with Crippen LogP contribution in [0.25, 0.3) is 5.69 Å². The summed E-state index contributed by atoms with van der Waals surface area (Å²) in [4.78, 5) is 12.3. The fourth-order valence-electron chi connectivity index (χ4n) is 2.37. The number of amides is 1. The molecule has 3 N–H and O–H groups in total. The van der Waals surface area contributed by atoms with E-state index in [1.807, 2.05) is 37.3 Å². The Bertz CT molecular complexity index is 612. The molecule has 1 aromatic heterocycles. The number of carbonyl (C=O) groups is 1. The van der Waals surface area contributed by atoms with E-state index in [4.69, 9.17) is 5.73 Å². The molecule has 0 bridgehead atoms. The topological polar surface area (TPSA) is 72.9 Å². The van der Waals surface area contributed by atoms with Crippen molar-refractivity contribution in [3.05, 3.63) is 47.8 Å². The molecule has 6 heteroatoms. The quantitative estimate of drug-likeness (QED) is 0.816. The predicted octanol–water partition coefficient (Wildman–Crippen LogP) is 2.85. The Balaban J connectivity index is 0.00000264. The van der Waals surface area contributed by atoms with E-state index in [9.17, 15) is 4.79 Å². The Hall–Kier alpha value is -1.85. The van der Waals surface area contributed by atoms with Gasteiger partial charge in [0.2, 0.25) is 0 Å². The SMILES string of the molecule is CCCCC(CN)NC(=O)c1cc(C)n(-c2ccccc2)n1.Cl. The molecule has 0 aliphatic heterocycles. The normalized spacial score (nSPS) is 11.6. The van der Waals surface area contributed by atoms with Crippen molar-refractivity contribution in [2.24, 2.45) is 5.73 Å². The van der Waals surface area contributed by atoms with Crippen LogP contribution in [0.15, 0.2) is 36.4 Å². The van der Waals surface area contributed by atoms with Crippen molar-refractivity contribution in [2.75, 3.05) is 6.54 Å². The summed E-state index contributed by atoms with van der Waals surface area (Å²) in [6.45, 7) is 4.51. The lowest BCUT2D eigenvalue weighted by Gasteiger charge is -2.15. The predicted molar refractivity (Wildman–Crippen MR) is 95.4 cm³/mol. The van der Waals surface area contributed by atoms with E-state index in [0.29, 0.717) is 12.2 Å². The van der Waals surface area contributed by atoms with E-state index >= 15 is 0 Å². The largest absolute Gasteiger partial charge is 0.347 e. The molecule has 2 rings (SSSR count). The summed E-state index contributed by atoms with van der Waals surface area (Å²) in [6.07, 6.45) is 3.05. The van der Waals surface area contributed by atoms with E-state index in [1.54, 1.807) is 10.7 Å². The average molecular weight is 337 g/mol. The number of aryl methyl sites for hydroxylation is 1. The van der Waals surface area contributed by atoms with Crippen LogP contribution in [-0.4, -0.2) is 28.3 Å². The van der Waals surface area contributed by atoms with Gasteiger partial charge in [-0.25, -0.2) is 4.68 Å². The molecular formula is C17H25ClN4O. The van der Waals surface area contributed by atoms with Crippen LogP contribution in [-0.2, 0) is 0 Å². The number of nitrogens with zero attached hydrogens (tertiary/aromatic N) is 2. The first kappa shape index (κ1) is 19.2. The lowest BCUT2D eigenvalue weighted by Crippen LogP contribution is -2.40. The maximum Gasteiger partial charge on any atom is 0.272 e. The number of rotatable bonds is 7. The van der Waals surface area contributed by atoms with Gasteiger partial charge in [0.05, 0.1) is 5.69 Å². The van der Waals surface area contributed by atoms with Crippen LogP contribution in [0.5, 0.6) is 0 Å².